The third-order valence-corrected chi connectivity index (χ3v) is 8.11. The summed E-state index contributed by atoms with van der Waals surface area (Å²) in [6, 6.07) is 29.0. The Bertz CT molecular complexity index is 958. The Morgan fingerprint density at radius 3 is 1.56 bits per heavy atom. The molecule has 2 atom stereocenters. The van der Waals surface area contributed by atoms with Crippen molar-refractivity contribution in [1.82, 2.24) is 0 Å². The van der Waals surface area contributed by atoms with Crippen molar-refractivity contribution in [2.24, 2.45) is 0 Å². The summed E-state index contributed by atoms with van der Waals surface area (Å²) in [5.74, 6) is 0.849. The number of hydrogen-bond donors (Lipinski definition) is 0. The maximum absolute atomic E-state index is 2.44. The molecule has 0 heterocycles. The van der Waals surface area contributed by atoms with Crippen LogP contribution in [-0.4, -0.2) is 39.8 Å². The first-order valence-electron chi connectivity index (χ1n) is 9.38. The number of hydrogen-bond acceptors (Lipinski definition) is 0. The number of fused-ring (bicyclic) bond motifs is 2. The average Bonchev–Trinajstić information content (AvgIpc) is 3.33. The molecule has 0 saturated carbocycles. The molecule has 0 radical (unpaired) electrons. The minimum atomic E-state index is 0. The molecule has 27 heavy (non-hydrogen) atoms. The molecule has 2 heteroatoms. The Balaban J connectivity index is 0.00000180. The molecule has 2 unspecified atom stereocenters. The van der Waals surface area contributed by atoms with E-state index in [0.29, 0.717) is 11.8 Å². The summed E-state index contributed by atoms with van der Waals surface area (Å²) in [6.07, 6.45) is 9.53. The van der Waals surface area contributed by atoms with Crippen LogP contribution in [0.2, 0.25) is 0 Å². The van der Waals surface area contributed by atoms with E-state index in [1.807, 2.05) is 0 Å². The summed E-state index contributed by atoms with van der Waals surface area (Å²) >= 11 is 0. The minimum Gasteiger partial charge on any atom is -0.0758 e. The molecule has 3 aromatic carbocycles. The van der Waals surface area contributed by atoms with E-state index in [4.69, 9.17) is 0 Å². The fraction of sp³-hybridized carbons (Fsp3) is 0.120. The summed E-state index contributed by atoms with van der Waals surface area (Å²) < 4.78 is 0. The molecule has 0 aromatic heterocycles. The summed E-state index contributed by atoms with van der Waals surface area (Å²) in [5, 5.41) is 0.105. The molecule has 0 fully saturated rings. The third kappa shape index (κ3) is 2.94. The number of benzene rings is 3. The molecule has 3 aromatic rings. The topological polar surface area (TPSA) is 0 Å². The fourth-order valence-corrected chi connectivity index (χ4v) is 6.23. The largest absolute Gasteiger partial charge is 0.0758 e. The van der Waals surface area contributed by atoms with Crippen molar-refractivity contribution in [2.45, 2.75) is 16.9 Å². The quantitative estimate of drug-likeness (QED) is 0.602. The van der Waals surface area contributed by atoms with Crippen LogP contribution < -0.4 is 0 Å². The van der Waals surface area contributed by atoms with Crippen LogP contribution >= 0.6 is 0 Å². The van der Waals surface area contributed by atoms with Gasteiger partial charge in [-0.1, -0.05) is 103 Å². The average molecular weight is 375 g/mol. The number of allylic oxidation sites excluding steroid dienone is 2. The zero-order chi connectivity index (χ0) is 17.6. The van der Waals surface area contributed by atoms with Crippen molar-refractivity contribution in [3.05, 3.63) is 119 Å². The van der Waals surface area contributed by atoms with Crippen LogP contribution in [0.15, 0.2) is 91.0 Å². The van der Waals surface area contributed by atoms with Gasteiger partial charge in [-0.15, -0.1) is 0 Å². The first-order valence-corrected chi connectivity index (χ1v) is 10.4. The molecule has 0 nitrogen and oxygen atoms in total. The van der Waals surface area contributed by atoms with E-state index < -0.39 is 0 Å². The van der Waals surface area contributed by atoms with Crippen LogP contribution in [0.25, 0.3) is 12.2 Å². The molecule has 0 amide bonds. The standard InChI is InChI=1S/C25H22Si.Na.H/c26-25(20-10-2-1-3-11-20,23-16-14-18-8-4-6-12-21(18)23)24-17-15-19-9-5-7-13-22(19)24;;/h1-17,23-24H,26H3;;. The Morgan fingerprint density at radius 1 is 0.593 bits per heavy atom. The molecule has 0 spiro atoms. The first-order chi connectivity index (χ1) is 12.8. The Labute approximate surface area is 186 Å². The third-order valence-electron chi connectivity index (χ3n) is 6.29. The molecule has 2 aliphatic carbocycles. The molecule has 0 aliphatic heterocycles. The van der Waals surface area contributed by atoms with Crippen LogP contribution in [0.5, 0.6) is 0 Å². The minimum absolute atomic E-state index is 0. The summed E-state index contributed by atoms with van der Waals surface area (Å²) in [5.41, 5.74) is 7.17. The Hall–Kier alpha value is -1.64. The molecular formula is C25H23NaSi. The monoisotopic (exact) mass is 374 g/mol. The fourth-order valence-electron chi connectivity index (χ4n) is 4.89. The van der Waals surface area contributed by atoms with Crippen molar-refractivity contribution in [2.75, 3.05) is 0 Å². The predicted octanol–water partition coefficient (Wildman–Crippen LogP) is 4.22. The van der Waals surface area contributed by atoms with Crippen LogP contribution in [-0.2, 0) is 5.04 Å². The van der Waals surface area contributed by atoms with E-state index in [-0.39, 0.29) is 34.6 Å². The van der Waals surface area contributed by atoms with Crippen molar-refractivity contribution in [1.29, 1.82) is 0 Å². The molecule has 2 aliphatic rings. The van der Waals surface area contributed by atoms with Gasteiger partial charge in [0.1, 0.15) is 0 Å². The zero-order valence-corrected chi connectivity index (χ0v) is 17.0. The van der Waals surface area contributed by atoms with E-state index in [0.717, 1.165) is 10.2 Å². The van der Waals surface area contributed by atoms with Crippen LogP contribution in [0.3, 0.4) is 0 Å². The van der Waals surface area contributed by atoms with Gasteiger partial charge >= 0.3 is 29.6 Å². The number of rotatable bonds is 3. The molecule has 0 N–H and O–H groups in total. The van der Waals surface area contributed by atoms with Gasteiger partial charge in [0, 0.05) is 27.1 Å². The van der Waals surface area contributed by atoms with E-state index in [1.54, 1.807) is 0 Å². The van der Waals surface area contributed by atoms with Gasteiger partial charge in [-0.25, -0.2) is 0 Å². The normalized spacial score (nSPS) is 21.3. The molecule has 5 rings (SSSR count). The Kier molecular flexibility index (Phi) is 5.13. The molecule has 0 bridgehead atoms. The first kappa shape index (κ1) is 18.7. The van der Waals surface area contributed by atoms with Crippen LogP contribution in [0.1, 0.15) is 39.7 Å². The summed E-state index contributed by atoms with van der Waals surface area (Å²) in [4.78, 5) is 0. The van der Waals surface area contributed by atoms with Crippen molar-refractivity contribution < 1.29 is 0 Å². The smallest absolute Gasteiger partial charge is 0.0186 e. The van der Waals surface area contributed by atoms with Gasteiger partial charge in [0.05, 0.1) is 0 Å². The van der Waals surface area contributed by atoms with Gasteiger partial charge < -0.3 is 0 Å². The SMILES string of the molecule is [NaH].[SiH3]C(c1ccccc1)(C1C=Cc2ccccc21)C1C=Cc2ccccc21. The van der Waals surface area contributed by atoms with E-state index in [2.05, 4.69) is 103 Å². The van der Waals surface area contributed by atoms with Crippen molar-refractivity contribution in [3.63, 3.8) is 0 Å². The molecular weight excluding hydrogens is 351 g/mol. The molecule has 0 saturated heterocycles. The molecule has 128 valence electrons. The van der Waals surface area contributed by atoms with E-state index in [9.17, 15) is 0 Å². The van der Waals surface area contributed by atoms with E-state index in [1.165, 1.54) is 27.8 Å². The van der Waals surface area contributed by atoms with Crippen molar-refractivity contribution >= 4 is 52.0 Å². The van der Waals surface area contributed by atoms with Gasteiger partial charge in [-0.3, -0.25) is 0 Å². The maximum atomic E-state index is 2.44. The van der Waals surface area contributed by atoms with Gasteiger partial charge in [-0.05, 0) is 27.8 Å². The summed E-state index contributed by atoms with van der Waals surface area (Å²) in [7, 11) is 1.08. The zero-order valence-electron chi connectivity index (χ0n) is 15.0. The predicted molar refractivity (Wildman–Crippen MR) is 122 cm³/mol. The van der Waals surface area contributed by atoms with Gasteiger partial charge in [0.25, 0.3) is 0 Å². The summed E-state index contributed by atoms with van der Waals surface area (Å²) in [6.45, 7) is 0. The second kappa shape index (κ2) is 7.41. The second-order valence-electron chi connectivity index (χ2n) is 7.58. The second-order valence-corrected chi connectivity index (χ2v) is 9.23. The van der Waals surface area contributed by atoms with Gasteiger partial charge in [0.15, 0.2) is 0 Å². The Morgan fingerprint density at radius 2 is 1.04 bits per heavy atom. The van der Waals surface area contributed by atoms with Crippen LogP contribution in [0, 0.1) is 0 Å². The maximum Gasteiger partial charge on any atom is 0.0186 e. The van der Waals surface area contributed by atoms with Gasteiger partial charge in [-0.2, -0.15) is 0 Å². The van der Waals surface area contributed by atoms with Gasteiger partial charge in [0.2, 0.25) is 0 Å². The van der Waals surface area contributed by atoms with E-state index >= 15 is 0 Å². The van der Waals surface area contributed by atoms with Crippen LogP contribution in [0.4, 0.5) is 0 Å². The van der Waals surface area contributed by atoms with Crippen molar-refractivity contribution in [3.8, 4) is 0 Å².